The van der Waals surface area contributed by atoms with Gasteiger partial charge in [-0.1, -0.05) is 305 Å². The number of hydrogen-bond donors (Lipinski definition) is 1. The molecule has 16 aromatic carbocycles. The second-order valence-electron chi connectivity index (χ2n) is 35.7. The number of nitrogens with zero attached hydrogens (tertiary/aromatic N) is 3. The summed E-state index contributed by atoms with van der Waals surface area (Å²) in [4.78, 5) is 2.13. The van der Waals surface area contributed by atoms with Crippen molar-refractivity contribution in [2.75, 3.05) is 67.0 Å². The summed E-state index contributed by atoms with van der Waals surface area (Å²) >= 11 is 0. The SMILES string of the molecule is CC(C)(C)c1ccc(-c2cccc3cc(-c4ccc(N)cc4)ccc23)cc1.CC(C)(C)c1ccc(-c2cccc3cc(-c4ccc([N+](C)(C)C)cc4)ccc23)cc1.CN(C)c1ccc(-c2ccc3c(-c4ccc(C(C)(C)C)cc4)cccc3c2)cc1.C[N+](C)(C)c1cccc(-c2ccc3c(-c4ccc(C(F)(F)F)cc4)cccc3c2)c1.[I-].[I-]. The first kappa shape index (κ1) is 88.1. The van der Waals surface area contributed by atoms with Gasteiger partial charge < -0.3 is 58.6 Å². The molecule has 9 heteroatoms. The summed E-state index contributed by atoms with van der Waals surface area (Å²) in [5.74, 6) is 0. The van der Waals surface area contributed by atoms with Gasteiger partial charge in [0.1, 0.15) is 11.4 Å². The molecule has 16 aromatic rings. The maximum atomic E-state index is 12.9. The molecule has 0 spiro atoms. The van der Waals surface area contributed by atoms with Crippen molar-refractivity contribution in [2.45, 2.75) is 84.7 Å². The minimum atomic E-state index is -4.33. The predicted molar refractivity (Wildman–Crippen MR) is 498 cm³/mol. The van der Waals surface area contributed by atoms with E-state index < -0.39 is 11.7 Å². The van der Waals surface area contributed by atoms with Gasteiger partial charge in [-0.15, -0.1) is 0 Å². The molecule has 0 heterocycles. The van der Waals surface area contributed by atoms with E-state index in [1.54, 1.807) is 0 Å². The lowest BCUT2D eigenvalue weighted by Gasteiger charge is -2.23. The van der Waals surface area contributed by atoms with Gasteiger partial charge in [-0.3, -0.25) is 8.97 Å². The third-order valence-electron chi connectivity index (χ3n) is 22.1. The number of alkyl halides is 3. The molecule has 0 aliphatic carbocycles. The number of nitrogens with two attached hydrogens (primary N) is 1. The van der Waals surface area contributed by atoms with Gasteiger partial charge in [0.05, 0.1) is 47.8 Å². The molecule has 4 nitrogen and oxygen atoms in total. The number of fused-ring (bicyclic) bond motifs is 4. The molecule has 0 radical (unpaired) electrons. The number of nitrogen functional groups attached to an aromatic ring is 1. The van der Waals surface area contributed by atoms with Crippen LogP contribution >= 0.6 is 0 Å². The highest BCUT2D eigenvalue weighted by Crippen LogP contribution is 2.41. The predicted octanol–water partition coefficient (Wildman–Crippen LogP) is 23.7. The zero-order valence-electron chi connectivity index (χ0n) is 71.1. The highest BCUT2D eigenvalue weighted by Gasteiger charge is 2.30. The van der Waals surface area contributed by atoms with Gasteiger partial charge in [0.25, 0.3) is 0 Å². The van der Waals surface area contributed by atoms with Crippen LogP contribution in [-0.2, 0) is 22.4 Å². The standard InChI is InChI=1S/C29H32N.C28H29N.C26H23F3N.C26H25N.2HI/c1-29(2,3)25-15-10-22(11-16-25)27-9-7-8-24-20-23(14-19-28(24)27)21-12-17-26(18-13-21)30(4,5)6;1-28(2,3)24-14-9-21(10-15-24)26-8-6-7-23-19-22(13-18-27(23)26)20-11-16-25(17-12-20)29(4)5;1-30(2,3)23-8-4-6-19(17-23)20-12-15-25-21(16-20)7-5-9-24(25)18-10-13-22(14-11-18)26(27,28)29;1-26(2,3)22-12-7-19(8-13-22)24-6-4-5-21-17-20(11-16-25(21)24)18-9-14-23(27)15-10-18;;/h7-20H,1-6H3;6-19H,1-5H3;4-17H,1-3H3;4-17H,27H2,1-3H3;2*1H/q+1;;+1;;;/p-2. The highest BCUT2D eigenvalue weighted by atomic mass is 127. The molecule has 0 amide bonds. The number of benzene rings is 16. The van der Waals surface area contributed by atoms with Crippen molar-refractivity contribution < 1.29 is 61.1 Å². The van der Waals surface area contributed by atoms with E-state index in [1.165, 1.54) is 145 Å². The van der Waals surface area contributed by atoms with Crippen LogP contribution in [0.3, 0.4) is 0 Å². The lowest BCUT2D eigenvalue weighted by Crippen LogP contribution is -3.00. The van der Waals surface area contributed by atoms with E-state index in [4.69, 9.17) is 5.73 Å². The van der Waals surface area contributed by atoms with Crippen molar-refractivity contribution in [3.05, 3.63) is 362 Å². The lowest BCUT2D eigenvalue weighted by molar-refractivity contribution is -0.137. The molecule has 0 atom stereocenters. The van der Waals surface area contributed by atoms with Crippen molar-refractivity contribution in [1.29, 1.82) is 0 Å². The van der Waals surface area contributed by atoms with Crippen molar-refractivity contribution in [2.24, 2.45) is 0 Å². The normalized spacial score (nSPS) is 11.8. The summed E-state index contributed by atoms with van der Waals surface area (Å²) in [6.07, 6.45) is -4.33. The van der Waals surface area contributed by atoms with Gasteiger partial charge in [-0.2, -0.15) is 13.2 Å². The van der Waals surface area contributed by atoms with Gasteiger partial charge in [-0.25, -0.2) is 0 Å². The molecule has 0 aliphatic rings. The first-order chi connectivity index (χ1) is 55.0. The summed E-state index contributed by atoms with van der Waals surface area (Å²) in [6.45, 7) is 20.3. The first-order valence-electron chi connectivity index (χ1n) is 40.1. The third-order valence-corrected chi connectivity index (χ3v) is 22.1. The highest BCUT2D eigenvalue weighted by molar-refractivity contribution is 6.02. The van der Waals surface area contributed by atoms with Crippen molar-refractivity contribution in [3.8, 4) is 89.0 Å². The number of hydrogen-bond acceptors (Lipinski definition) is 2. The molecule has 0 saturated heterocycles. The minimum Gasteiger partial charge on any atom is -1.00 e. The topological polar surface area (TPSA) is 29.3 Å². The largest absolute Gasteiger partial charge is 1.00 e. The van der Waals surface area contributed by atoms with Crippen LogP contribution in [0.4, 0.5) is 35.9 Å². The quantitative estimate of drug-likeness (QED) is 0.0794. The van der Waals surface area contributed by atoms with Crippen LogP contribution in [0.2, 0.25) is 0 Å². The number of quaternary nitrogens is 2. The molecule has 0 saturated carbocycles. The van der Waals surface area contributed by atoms with Crippen LogP contribution in [0, 0.1) is 0 Å². The Morgan fingerprint density at radius 3 is 0.771 bits per heavy atom. The summed E-state index contributed by atoms with van der Waals surface area (Å²) in [5, 5.41) is 9.75. The van der Waals surface area contributed by atoms with Gasteiger partial charge in [-0.05, 0) is 256 Å². The smallest absolute Gasteiger partial charge is 0.416 e. The summed E-state index contributed by atoms with van der Waals surface area (Å²) in [7, 11) is 17.1. The molecule has 0 fully saturated rings. The van der Waals surface area contributed by atoms with Crippen LogP contribution in [0.15, 0.2) is 340 Å². The average molecular weight is 1790 g/mol. The second kappa shape index (κ2) is 36.3. The number of rotatable bonds is 11. The molecule has 600 valence electrons. The van der Waals surface area contributed by atoms with Crippen molar-refractivity contribution in [3.63, 3.8) is 0 Å². The maximum absolute atomic E-state index is 12.9. The van der Waals surface area contributed by atoms with Crippen molar-refractivity contribution in [1.82, 2.24) is 8.97 Å². The van der Waals surface area contributed by atoms with E-state index in [0.717, 1.165) is 59.8 Å². The Hall–Kier alpha value is -10.7. The van der Waals surface area contributed by atoms with Crippen LogP contribution in [0.5, 0.6) is 0 Å². The Morgan fingerprint density at radius 1 is 0.246 bits per heavy atom. The number of halogens is 5. The van der Waals surface area contributed by atoms with E-state index in [1.807, 2.05) is 30.3 Å². The minimum absolute atomic E-state index is 0. The Balaban J connectivity index is 0.000000154. The summed E-state index contributed by atoms with van der Waals surface area (Å²) < 4.78 is 40.2. The summed E-state index contributed by atoms with van der Waals surface area (Å²) in [6, 6.07) is 119. The molecule has 0 aliphatic heterocycles. The van der Waals surface area contributed by atoms with Gasteiger partial charge in [0.2, 0.25) is 0 Å². The molecule has 0 bridgehead atoms. The molecule has 0 unspecified atom stereocenters. The van der Waals surface area contributed by atoms with E-state index in [0.29, 0.717) is 0 Å². The maximum Gasteiger partial charge on any atom is 0.416 e. The Bertz CT molecular complexity index is 6120. The van der Waals surface area contributed by atoms with Crippen LogP contribution in [-0.4, -0.2) is 56.4 Å². The molecular formula is C109H109F3I2N4. The van der Waals surface area contributed by atoms with Crippen molar-refractivity contribution >= 4 is 65.8 Å². The molecule has 2 N–H and O–H groups in total. The zero-order valence-corrected chi connectivity index (χ0v) is 75.5. The van der Waals surface area contributed by atoms with E-state index in [-0.39, 0.29) is 64.2 Å². The monoisotopic (exact) mass is 1780 g/mol. The van der Waals surface area contributed by atoms with Crippen LogP contribution in [0.1, 0.15) is 84.6 Å². The average Bonchev–Trinajstić information content (AvgIpc) is 0.794. The fourth-order valence-electron chi connectivity index (χ4n) is 15.0. The fourth-order valence-corrected chi connectivity index (χ4v) is 15.0. The molecular weight excluding hydrogens is 1680 g/mol. The fraction of sp³-hybridized carbons (Fsp3) is 0.193. The molecule has 16 rings (SSSR count). The van der Waals surface area contributed by atoms with Gasteiger partial charge in [0, 0.05) is 31.5 Å². The van der Waals surface area contributed by atoms with Crippen LogP contribution < -0.4 is 67.6 Å². The van der Waals surface area contributed by atoms with E-state index >= 15 is 0 Å². The Morgan fingerprint density at radius 2 is 0.492 bits per heavy atom. The number of anilines is 2. The van der Waals surface area contributed by atoms with Gasteiger partial charge >= 0.3 is 6.18 Å². The lowest BCUT2D eigenvalue weighted by atomic mass is 9.86. The first-order valence-corrected chi connectivity index (χ1v) is 40.1. The zero-order chi connectivity index (χ0) is 82.7. The van der Waals surface area contributed by atoms with Crippen LogP contribution in [0.25, 0.3) is 132 Å². The van der Waals surface area contributed by atoms with Gasteiger partial charge in [0.15, 0.2) is 0 Å². The second-order valence-corrected chi connectivity index (χ2v) is 35.7. The Kier molecular flexibility index (Phi) is 27.1. The third kappa shape index (κ3) is 21.1. The molecule has 118 heavy (non-hydrogen) atoms. The Labute approximate surface area is 732 Å². The van der Waals surface area contributed by atoms with E-state index in [9.17, 15) is 13.2 Å². The molecule has 0 aromatic heterocycles. The van der Waals surface area contributed by atoms with E-state index in [2.05, 4.69) is 409 Å². The summed E-state index contributed by atoms with van der Waals surface area (Å²) in [5.41, 5.74) is 33.3.